The number of halogens is 2. The maximum absolute atomic E-state index is 10.3. The fourth-order valence-corrected chi connectivity index (χ4v) is 3.71. The van der Waals surface area contributed by atoms with Crippen LogP contribution >= 0.6 is 23.2 Å². The van der Waals surface area contributed by atoms with Crippen LogP contribution in [0.25, 0.3) is 0 Å². The van der Waals surface area contributed by atoms with E-state index in [4.69, 9.17) is 27.9 Å². The second-order valence-corrected chi connectivity index (χ2v) is 6.93. The van der Waals surface area contributed by atoms with Crippen molar-refractivity contribution in [3.8, 4) is 5.75 Å². The average molecular weight is 347 g/mol. The van der Waals surface area contributed by atoms with Crippen molar-refractivity contribution in [1.82, 2.24) is 0 Å². The van der Waals surface area contributed by atoms with Gasteiger partial charge in [0.25, 0.3) is 0 Å². The summed E-state index contributed by atoms with van der Waals surface area (Å²) >= 11 is 11.9. The number of ether oxygens (including phenoxy) is 1. The largest absolute Gasteiger partial charge is 0.489 e. The third-order valence-electron chi connectivity index (χ3n) is 4.46. The molecule has 0 aliphatic heterocycles. The standard InChI is InChI=1S/C17H25Cl2NO2/c1-2-20(14-6-4-3-5-7-14)11-15(21)12-22-17-9-8-13(18)10-16(17)19/h8-10,14-15,21H,2-7,11-12H2,1H3/p+1/t15-/m1/s1. The maximum Gasteiger partial charge on any atom is 0.138 e. The summed E-state index contributed by atoms with van der Waals surface area (Å²) in [5, 5.41) is 11.3. The number of nitrogens with one attached hydrogen (secondary N) is 1. The van der Waals surface area contributed by atoms with Crippen molar-refractivity contribution < 1.29 is 14.7 Å². The van der Waals surface area contributed by atoms with Gasteiger partial charge in [0.2, 0.25) is 0 Å². The van der Waals surface area contributed by atoms with E-state index < -0.39 is 6.10 Å². The fraction of sp³-hybridized carbons (Fsp3) is 0.647. The molecule has 2 atom stereocenters. The first-order valence-electron chi connectivity index (χ1n) is 8.20. The zero-order valence-electron chi connectivity index (χ0n) is 13.2. The molecule has 1 aromatic rings. The van der Waals surface area contributed by atoms with Crippen LogP contribution in [0.3, 0.4) is 0 Å². The van der Waals surface area contributed by atoms with Crippen LogP contribution in [0.5, 0.6) is 5.75 Å². The van der Waals surface area contributed by atoms with Crippen molar-refractivity contribution in [1.29, 1.82) is 0 Å². The second kappa shape index (κ2) is 8.97. The van der Waals surface area contributed by atoms with Crippen LogP contribution in [0.4, 0.5) is 0 Å². The van der Waals surface area contributed by atoms with Crippen LogP contribution < -0.4 is 9.64 Å². The molecule has 5 heteroatoms. The molecule has 0 radical (unpaired) electrons. The number of benzene rings is 1. The van der Waals surface area contributed by atoms with Gasteiger partial charge in [-0.15, -0.1) is 0 Å². The number of aliphatic hydroxyl groups excluding tert-OH is 1. The molecule has 124 valence electrons. The molecule has 1 aliphatic rings. The van der Waals surface area contributed by atoms with Gasteiger partial charge < -0.3 is 14.7 Å². The van der Waals surface area contributed by atoms with E-state index in [1.807, 2.05) is 0 Å². The Kier molecular flexibility index (Phi) is 7.29. The Bertz CT molecular complexity index is 464. The first kappa shape index (κ1) is 17.9. The first-order valence-corrected chi connectivity index (χ1v) is 8.96. The minimum Gasteiger partial charge on any atom is -0.489 e. The minimum atomic E-state index is -0.483. The lowest BCUT2D eigenvalue weighted by Crippen LogP contribution is -3.16. The number of hydrogen-bond acceptors (Lipinski definition) is 2. The molecule has 0 bridgehead atoms. The highest BCUT2D eigenvalue weighted by molar-refractivity contribution is 6.35. The lowest BCUT2D eigenvalue weighted by molar-refractivity contribution is -0.928. The third-order valence-corrected chi connectivity index (χ3v) is 4.99. The van der Waals surface area contributed by atoms with Gasteiger partial charge in [-0.1, -0.05) is 29.6 Å². The summed E-state index contributed by atoms with van der Waals surface area (Å²) in [7, 11) is 0. The number of quaternary nitrogens is 1. The normalized spacial score (nSPS) is 18.9. The van der Waals surface area contributed by atoms with Gasteiger partial charge in [-0.05, 0) is 50.8 Å². The smallest absolute Gasteiger partial charge is 0.138 e. The van der Waals surface area contributed by atoms with Gasteiger partial charge in [0.1, 0.15) is 25.0 Å². The van der Waals surface area contributed by atoms with Gasteiger partial charge >= 0.3 is 0 Å². The monoisotopic (exact) mass is 346 g/mol. The molecular formula is C17H26Cl2NO2+. The summed E-state index contributed by atoms with van der Waals surface area (Å²) in [6.45, 7) is 4.22. The van der Waals surface area contributed by atoms with Crippen molar-refractivity contribution in [2.75, 3.05) is 19.7 Å². The zero-order valence-corrected chi connectivity index (χ0v) is 14.7. The van der Waals surface area contributed by atoms with Gasteiger partial charge in [0.15, 0.2) is 0 Å². The highest BCUT2D eigenvalue weighted by Crippen LogP contribution is 2.27. The van der Waals surface area contributed by atoms with E-state index in [0.717, 1.165) is 13.1 Å². The Morgan fingerprint density at radius 3 is 2.64 bits per heavy atom. The summed E-state index contributed by atoms with van der Waals surface area (Å²) in [4.78, 5) is 1.48. The van der Waals surface area contributed by atoms with Crippen molar-refractivity contribution in [3.05, 3.63) is 28.2 Å². The van der Waals surface area contributed by atoms with Gasteiger partial charge in [-0.2, -0.15) is 0 Å². The number of likely N-dealkylation sites (N-methyl/N-ethyl adjacent to an activating group) is 1. The number of rotatable bonds is 7. The SMILES string of the molecule is CC[NH+](C[C@@H](O)COc1ccc(Cl)cc1Cl)C1CCCCC1. The Morgan fingerprint density at radius 1 is 1.27 bits per heavy atom. The van der Waals surface area contributed by atoms with Crippen molar-refractivity contribution >= 4 is 23.2 Å². The number of aliphatic hydroxyl groups is 1. The summed E-state index contributed by atoms with van der Waals surface area (Å²) in [6.07, 6.45) is 6.07. The summed E-state index contributed by atoms with van der Waals surface area (Å²) < 4.78 is 5.63. The Balaban J connectivity index is 1.81. The van der Waals surface area contributed by atoms with Gasteiger partial charge in [-0.25, -0.2) is 0 Å². The molecule has 3 nitrogen and oxygen atoms in total. The summed E-state index contributed by atoms with van der Waals surface area (Å²) in [5.41, 5.74) is 0. The van der Waals surface area contributed by atoms with Crippen molar-refractivity contribution in [3.63, 3.8) is 0 Å². The van der Waals surface area contributed by atoms with Crippen LogP contribution in [0, 0.1) is 0 Å². The van der Waals surface area contributed by atoms with Crippen molar-refractivity contribution in [2.45, 2.75) is 51.2 Å². The first-order chi connectivity index (χ1) is 10.6. The van der Waals surface area contributed by atoms with Crippen LogP contribution in [0.2, 0.25) is 10.0 Å². The molecule has 0 heterocycles. The lowest BCUT2D eigenvalue weighted by Gasteiger charge is -2.31. The molecule has 1 fully saturated rings. The molecule has 22 heavy (non-hydrogen) atoms. The van der Waals surface area contributed by atoms with E-state index in [1.165, 1.54) is 37.0 Å². The predicted molar refractivity (Wildman–Crippen MR) is 91.2 cm³/mol. The van der Waals surface area contributed by atoms with Crippen molar-refractivity contribution in [2.24, 2.45) is 0 Å². The van der Waals surface area contributed by atoms with Gasteiger partial charge in [0.05, 0.1) is 17.6 Å². The fourth-order valence-electron chi connectivity index (χ4n) is 3.25. The Morgan fingerprint density at radius 2 is 2.00 bits per heavy atom. The molecule has 0 spiro atoms. The third kappa shape index (κ3) is 5.31. The molecule has 0 amide bonds. The number of hydrogen-bond donors (Lipinski definition) is 2. The van der Waals surface area contributed by atoms with E-state index in [1.54, 1.807) is 18.2 Å². The lowest BCUT2D eigenvalue weighted by atomic mass is 9.94. The second-order valence-electron chi connectivity index (χ2n) is 6.09. The molecular weight excluding hydrogens is 321 g/mol. The molecule has 1 aliphatic carbocycles. The summed E-state index contributed by atoms with van der Waals surface area (Å²) in [6, 6.07) is 5.81. The highest BCUT2D eigenvalue weighted by Gasteiger charge is 2.25. The molecule has 0 saturated heterocycles. The van der Waals surface area contributed by atoms with Gasteiger partial charge in [0, 0.05) is 5.02 Å². The quantitative estimate of drug-likeness (QED) is 0.795. The average Bonchev–Trinajstić information content (AvgIpc) is 2.52. The Hall–Kier alpha value is -0.480. The zero-order chi connectivity index (χ0) is 15.9. The Labute approximate surface area is 143 Å². The molecule has 1 unspecified atom stereocenters. The highest BCUT2D eigenvalue weighted by atomic mass is 35.5. The molecule has 1 saturated carbocycles. The summed E-state index contributed by atoms with van der Waals surface area (Å²) in [5.74, 6) is 0.570. The predicted octanol–water partition coefficient (Wildman–Crippen LogP) is 2.97. The van der Waals surface area contributed by atoms with Crippen LogP contribution in [0.1, 0.15) is 39.0 Å². The maximum atomic E-state index is 10.3. The molecule has 2 N–H and O–H groups in total. The van der Waals surface area contributed by atoms with E-state index in [-0.39, 0.29) is 6.61 Å². The van der Waals surface area contributed by atoms with E-state index in [9.17, 15) is 5.11 Å². The topological polar surface area (TPSA) is 33.9 Å². The van der Waals surface area contributed by atoms with E-state index >= 15 is 0 Å². The molecule has 1 aromatic carbocycles. The minimum absolute atomic E-state index is 0.261. The van der Waals surface area contributed by atoms with E-state index in [2.05, 4.69) is 6.92 Å². The van der Waals surface area contributed by atoms with Gasteiger partial charge in [-0.3, -0.25) is 0 Å². The molecule has 0 aromatic heterocycles. The van der Waals surface area contributed by atoms with Crippen LogP contribution in [0.15, 0.2) is 18.2 Å². The van der Waals surface area contributed by atoms with Crippen LogP contribution in [-0.2, 0) is 0 Å². The van der Waals surface area contributed by atoms with Crippen LogP contribution in [-0.4, -0.2) is 36.9 Å². The van der Waals surface area contributed by atoms with E-state index in [0.29, 0.717) is 21.8 Å². The molecule has 2 rings (SSSR count).